The van der Waals surface area contributed by atoms with Gasteiger partial charge < -0.3 is 0 Å². The zero-order chi connectivity index (χ0) is 12.8. The summed E-state index contributed by atoms with van der Waals surface area (Å²) < 4.78 is 11.9. The average Bonchev–Trinajstić information content (AvgIpc) is 2.81. The van der Waals surface area contributed by atoms with Crippen molar-refractivity contribution in [3.05, 3.63) is 41.8 Å². The van der Waals surface area contributed by atoms with Crippen LogP contribution in [0.4, 0.5) is 0 Å². The number of Topliss-reactive ketones (excluding diaryl/α,β-unsaturated/α-hetero) is 1. The van der Waals surface area contributed by atoms with Crippen molar-refractivity contribution in [1.29, 1.82) is 0 Å². The Balaban J connectivity index is 1.78. The lowest BCUT2D eigenvalue weighted by Gasteiger charge is -2.03. The van der Waals surface area contributed by atoms with Crippen molar-refractivity contribution in [3.63, 3.8) is 0 Å². The van der Waals surface area contributed by atoms with Crippen LogP contribution in [-0.4, -0.2) is 9.99 Å². The Morgan fingerprint density at radius 3 is 2.72 bits per heavy atom. The van der Waals surface area contributed by atoms with Crippen LogP contribution in [0.1, 0.15) is 32.1 Å². The van der Waals surface area contributed by atoms with Gasteiger partial charge in [-0.05, 0) is 37.8 Å². The highest BCUT2D eigenvalue weighted by Crippen LogP contribution is 2.25. The van der Waals surface area contributed by atoms with Crippen molar-refractivity contribution in [2.45, 2.75) is 37.0 Å². The largest absolute Gasteiger partial charge is 0.299 e. The van der Waals surface area contributed by atoms with Crippen LogP contribution in [0.15, 0.2) is 46.7 Å². The summed E-state index contributed by atoms with van der Waals surface area (Å²) in [6, 6.07) is 9.41. The van der Waals surface area contributed by atoms with Crippen LogP contribution < -0.4 is 0 Å². The van der Waals surface area contributed by atoms with E-state index in [0.717, 1.165) is 37.0 Å². The van der Waals surface area contributed by atoms with E-state index in [4.69, 9.17) is 0 Å². The maximum Gasteiger partial charge on any atom is 0.135 e. The zero-order valence-corrected chi connectivity index (χ0v) is 11.2. The van der Waals surface area contributed by atoms with Crippen LogP contribution in [0.3, 0.4) is 0 Å². The van der Waals surface area contributed by atoms with Gasteiger partial charge in [-0.15, -0.1) is 0 Å². The van der Waals surface area contributed by atoms with Crippen molar-refractivity contribution < 1.29 is 9.00 Å². The number of allylic oxidation sites excluding steroid dienone is 1. The highest BCUT2D eigenvalue weighted by Gasteiger charge is 2.22. The van der Waals surface area contributed by atoms with Gasteiger partial charge in [-0.25, -0.2) is 4.21 Å². The van der Waals surface area contributed by atoms with E-state index in [1.807, 2.05) is 36.4 Å². The summed E-state index contributed by atoms with van der Waals surface area (Å²) in [5.41, 5.74) is 0. The van der Waals surface area contributed by atoms with Crippen LogP contribution in [0.5, 0.6) is 0 Å². The highest BCUT2D eigenvalue weighted by atomic mass is 32.2. The molecule has 1 aliphatic carbocycles. The molecule has 2 rings (SSSR count). The van der Waals surface area contributed by atoms with E-state index in [-0.39, 0.29) is 5.92 Å². The second-order valence-corrected chi connectivity index (χ2v) is 5.95. The van der Waals surface area contributed by atoms with Crippen molar-refractivity contribution in [1.82, 2.24) is 0 Å². The predicted octanol–water partition coefficient (Wildman–Crippen LogP) is 3.46. The smallest absolute Gasteiger partial charge is 0.135 e. The molecule has 0 amide bonds. The molecule has 1 fully saturated rings. The molecule has 18 heavy (non-hydrogen) atoms. The van der Waals surface area contributed by atoms with E-state index in [9.17, 15) is 9.00 Å². The molecule has 0 bridgehead atoms. The first-order chi connectivity index (χ1) is 8.77. The third kappa shape index (κ3) is 3.64. The molecular weight excluding hydrogens is 244 g/mol. The van der Waals surface area contributed by atoms with Crippen LogP contribution in [0.25, 0.3) is 0 Å². The Labute approximate surface area is 111 Å². The number of rotatable bonds is 5. The number of benzene rings is 1. The Morgan fingerprint density at radius 1 is 1.28 bits per heavy atom. The highest BCUT2D eigenvalue weighted by molar-refractivity contribution is 7.88. The maximum absolute atomic E-state index is 11.9. The van der Waals surface area contributed by atoms with Crippen LogP contribution in [-0.2, 0) is 15.6 Å². The molecule has 0 N–H and O–H groups in total. The summed E-state index contributed by atoms with van der Waals surface area (Å²) in [6.07, 6.45) is 6.52. The Bertz CT molecular complexity index is 451. The fourth-order valence-corrected chi connectivity index (χ4v) is 3.17. The average molecular weight is 262 g/mol. The fraction of sp³-hybridized carbons (Fsp3) is 0.400. The molecule has 0 aromatic heterocycles. The van der Waals surface area contributed by atoms with Crippen molar-refractivity contribution in [3.8, 4) is 0 Å². The molecule has 0 saturated heterocycles. The topological polar surface area (TPSA) is 34.1 Å². The Hall–Kier alpha value is -1.22. The Kier molecular flexibility index (Phi) is 4.88. The summed E-state index contributed by atoms with van der Waals surface area (Å²) in [6.45, 7) is 0. The van der Waals surface area contributed by atoms with Crippen LogP contribution in [0, 0.1) is 5.92 Å². The number of carbonyl (C=O) groups excluding carboxylic acids is 1. The molecule has 0 radical (unpaired) electrons. The van der Waals surface area contributed by atoms with Crippen molar-refractivity contribution >= 4 is 16.6 Å². The summed E-state index contributed by atoms with van der Waals surface area (Å²) in [7, 11) is -1.06. The normalized spacial score (nSPS) is 21.6. The molecule has 3 heteroatoms. The lowest BCUT2D eigenvalue weighted by Crippen LogP contribution is -2.04. The molecule has 2 atom stereocenters. The van der Waals surface area contributed by atoms with Gasteiger partial charge in [0.05, 0.1) is 10.8 Å². The molecule has 2 nitrogen and oxygen atoms in total. The van der Waals surface area contributed by atoms with Gasteiger partial charge in [-0.3, -0.25) is 4.79 Å². The standard InChI is InChI=1S/C15H18O2S/c16-15-11-6-8-13(15)7-4-5-12-18(17)14-9-2-1-3-10-14/h1-3,5,9-10,12-13H,4,6-8,11H2/b12-5+. The maximum atomic E-state index is 11.9. The SMILES string of the molecule is O=C1CCCC1CC/C=C/S(=O)c1ccccc1. The molecule has 0 aliphatic heterocycles. The molecule has 1 aromatic carbocycles. The molecule has 0 heterocycles. The van der Waals surface area contributed by atoms with Gasteiger partial charge in [-0.2, -0.15) is 0 Å². The first-order valence-electron chi connectivity index (χ1n) is 6.42. The van der Waals surface area contributed by atoms with Gasteiger partial charge in [0.15, 0.2) is 0 Å². The zero-order valence-electron chi connectivity index (χ0n) is 10.4. The summed E-state index contributed by atoms with van der Waals surface area (Å²) >= 11 is 0. The molecular formula is C15H18O2S. The van der Waals surface area contributed by atoms with E-state index in [0.29, 0.717) is 5.78 Å². The third-order valence-electron chi connectivity index (χ3n) is 3.31. The quantitative estimate of drug-likeness (QED) is 0.814. The van der Waals surface area contributed by atoms with Crippen molar-refractivity contribution in [2.75, 3.05) is 0 Å². The number of hydrogen-bond donors (Lipinski definition) is 0. The second kappa shape index (κ2) is 6.64. The number of ketones is 1. The van der Waals surface area contributed by atoms with E-state index in [1.165, 1.54) is 0 Å². The van der Waals surface area contributed by atoms with E-state index < -0.39 is 10.8 Å². The van der Waals surface area contributed by atoms with Crippen LogP contribution in [0.2, 0.25) is 0 Å². The molecule has 0 spiro atoms. The number of hydrogen-bond acceptors (Lipinski definition) is 2. The lowest BCUT2D eigenvalue weighted by atomic mass is 10.0. The molecule has 96 valence electrons. The van der Waals surface area contributed by atoms with E-state index in [2.05, 4.69) is 0 Å². The molecule has 1 saturated carbocycles. The van der Waals surface area contributed by atoms with Gasteiger partial charge in [-0.1, -0.05) is 24.3 Å². The van der Waals surface area contributed by atoms with Gasteiger partial charge in [0, 0.05) is 22.6 Å². The number of carbonyl (C=O) groups is 1. The predicted molar refractivity (Wildman–Crippen MR) is 73.6 cm³/mol. The fourth-order valence-electron chi connectivity index (χ4n) is 2.28. The summed E-state index contributed by atoms with van der Waals surface area (Å²) in [4.78, 5) is 12.3. The monoisotopic (exact) mass is 262 g/mol. The summed E-state index contributed by atoms with van der Waals surface area (Å²) in [5, 5.41) is 1.73. The third-order valence-corrected chi connectivity index (χ3v) is 4.48. The van der Waals surface area contributed by atoms with Gasteiger partial charge in [0.2, 0.25) is 0 Å². The first kappa shape index (κ1) is 13.2. The van der Waals surface area contributed by atoms with Crippen molar-refractivity contribution in [2.24, 2.45) is 5.92 Å². The lowest BCUT2D eigenvalue weighted by molar-refractivity contribution is -0.120. The Morgan fingerprint density at radius 2 is 2.06 bits per heavy atom. The minimum Gasteiger partial charge on any atom is -0.299 e. The molecule has 2 unspecified atom stereocenters. The van der Waals surface area contributed by atoms with Gasteiger partial charge in [0.1, 0.15) is 5.78 Å². The minimum absolute atomic E-state index is 0.250. The van der Waals surface area contributed by atoms with Crippen LogP contribution >= 0.6 is 0 Å². The first-order valence-corrected chi connectivity index (χ1v) is 7.63. The minimum atomic E-state index is -1.06. The summed E-state index contributed by atoms with van der Waals surface area (Å²) in [5.74, 6) is 0.660. The second-order valence-electron chi connectivity index (χ2n) is 4.62. The van der Waals surface area contributed by atoms with E-state index in [1.54, 1.807) is 5.41 Å². The van der Waals surface area contributed by atoms with E-state index >= 15 is 0 Å². The molecule has 1 aliphatic rings. The van der Waals surface area contributed by atoms with Gasteiger partial charge in [0.25, 0.3) is 0 Å². The van der Waals surface area contributed by atoms with Gasteiger partial charge >= 0.3 is 0 Å². The molecule has 1 aromatic rings.